The van der Waals surface area contributed by atoms with Crippen molar-refractivity contribution >= 4 is 34.1 Å². The molecule has 2 heterocycles. The zero-order chi connectivity index (χ0) is 14.7. The van der Waals surface area contributed by atoms with Crippen LogP contribution in [0.3, 0.4) is 0 Å². The molecule has 21 heavy (non-hydrogen) atoms. The van der Waals surface area contributed by atoms with Crippen LogP contribution in [0.25, 0.3) is 10.9 Å². The van der Waals surface area contributed by atoms with Gasteiger partial charge in [0, 0.05) is 48.3 Å². The van der Waals surface area contributed by atoms with E-state index in [0.29, 0.717) is 18.0 Å². The maximum absolute atomic E-state index is 12.0. The number of aromatic nitrogens is 1. The van der Waals surface area contributed by atoms with Gasteiger partial charge in [-0.2, -0.15) is 0 Å². The fraction of sp³-hybridized carbons (Fsp3) is 0.375. The van der Waals surface area contributed by atoms with Gasteiger partial charge in [-0.1, -0.05) is 11.6 Å². The Labute approximate surface area is 129 Å². The first kappa shape index (κ1) is 14.1. The lowest BCUT2D eigenvalue weighted by atomic mass is 10.2. The van der Waals surface area contributed by atoms with Crippen LogP contribution in [0.1, 0.15) is 19.3 Å². The molecule has 4 nitrogen and oxygen atoms in total. The van der Waals surface area contributed by atoms with E-state index >= 15 is 0 Å². The number of benzene rings is 1. The predicted molar refractivity (Wildman–Crippen MR) is 85.7 cm³/mol. The zero-order valence-electron chi connectivity index (χ0n) is 11.8. The summed E-state index contributed by atoms with van der Waals surface area (Å²) in [4.78, 5) is 18.3. The van der Waals surface area contributed by atoms with Crippen molar-refractivity contribution in [2.45, 2.75) is 19.3 Å². The number of hydrogen-bond donors (Lipinski definition) is 1. The van der Waals surface area contributed by atoms with Crippen molar-refractivity contribution in [2.24, 2.45) is 0 Å². The molecule has 0 spiro atoms. The summed E-state index contributed by atoms with van der Waals surface area (Å²) in [5.74, 6) is 0.237. The summed E-state index contributed by atoms with van der Waals surface area (Å²) in [7, 11) is 0. The molecular formula is C16H18ClN3O. The highest BCUT2D eigenvalue weighted by Gasteiger charge is 2.17. The third kappa shape index (κ3) is 3.27. The largest absolute Gasteiger partial charge is 0.384 e. The molecule has 110 valence electrons. The molecule has 0 atom stereocenters. The molecule has 1 amide bonds. The number of anilines is 1. The van der Waals surface area contributed by atoms with Gasteiger partial charge in [0.25, 0.3) is 0 Å². The number of nitrogens with one attached hydrogen (secondary N) is 1. The molecule has 3 rings (SSSR count). The molecule has 1 aliphatic heterocycles. The predicted octanol–water partition coefficient (Wildman–Crippen LogP) is 3.31. The summed E-state index contributed by atoms with van der Waals surface area (Å²) < 4.78 is 0. The number of nitrogens with zero attached hydrogens (tertiary/aromatic N) is 2. The Balaban J connectivity index is 1.64. The second-order valence-corrected chi connectivity index (χ2v) is 5.72. The van der Waals surface area contributed by atoms with Gasteiger partial charge >= 0.3 is 0 Å². The van der Waals surface area contributed by atoms with Crippen LogP contribution in [-0.4, -0.2) is 35.4 Å². The molecule has 1 aromatic heterocycles. The number of fused-ring (bicyclic) bond motifs is 1. The third-order valence-electron chi connectivity index (χ3n) is 3.82. The van der Waals surface area contributed by atoms with Crippen molar-refractivity contribution < 1.29 is 4.79 Å². The van der Waals surface area contributed by atoms with Crippen LogP contribution in [0.2, 0.25) is 5.02 Å². The maximum atomic E-state index is 12.0. The Morgan fingerprint density at radius 3 is 2.90 bits per heavy atom. The van der Waals surface area contributed by atoms with E-state index in [1.165, 1.54) is 0 Å². The first-order chi connectivity index (χ1) is 10.2. The number of rotatable bonds is 4. The first-order valence-corrected chi connectivity index (χ1v) is 7.68. The van der Waals surface area contributed by atoms with Gasteiger partial charge in [0.05, 0.1) is 5.52 Å². The van der Waals surface area contributed by atoms with Gasteiger partial charge < -0.3 is 10.2 Å². The quantitative estimate of drug-likeness (QED) is 0.942. The number of carbonyl (C=O) groups excluding carboxylic acids is 1. The molecule has 1 fully saturated rings. The SMILES string of the molecule is O=C(CCNc1ccnc2cc(Cl)ccc12)N1CCCC1. The molecule has 1 N–H and O–H groups in total. The monoisotopic (exact) mass is 303 g/mol. The molecule has 0 saturated carbocycles. The van der Waals surface area contributed by atoms with Crippen molar-refractivity contribution in [3.8, 4) is 0 Å². The minimum atomic E-state index is 0.237. The van der Waals surface area contributed by atoms with E-state index in [9.17, 15) is 4.79 Å². The lowest BCUT2D eigenvalue weighted by Gasteiger charge is -2.16. The van der Waals surface area contributed by atoms with Crippen molar-refractivity contribution in [3.63, 3.8) is 0 Å². The summed E-state index contributed by atoms with van der Waals surface area (Å²) in [6.45, 7) is 2.46. The smallest absolute Gasteiger partial charge is 0.224 e. The van der Waals surface area contributed by atoms with Crippen LogP contribution in [-0.2, 0) is 4.79 Å². The van der Waals surface area contributed by atoms with Crippen LogP contribution in [0.4, 0.5) is 5.69 Å². The van der Waals surface area contributed by atoms with Gasteiger partial charge in [-0.3, -0.25) is 9.78 Å². The highest BCUT2D eigenvalue weighted by atomic mass is 35.5. The van der Waals surface area contributed by atoms with Gasteiger partial charge in [0.15, 0.2) is 0 Å². The molecule has 0 bridgehead atoms. The lowest BCUT2D eigenvalue weighted by Crippen LogP contribution is -2.29. The van der Waals surface area contributed by atoms with E-state index in [2.05, 4.69) is 10.3 Å². The molecule has 1 aliphatic rings. The Morgan fingerprint density at radius 2 is 2.10 bits per heavy atom. The second-order valence-electron chi connectivity index (χ2n) is 5.28. The third-order valence-corrected chi connectivity index (χ3v) is 4.05. The zero-order valence-corrected chi connectivity index (χ0v) is 12.6. The van der Waals surface area contributed by atoms with Crippen LogP contribution in [0.15, 0.2) is 30.5 Å². The number of carbonyl (C=O) groups is 1. The van der Waals surface area contributed by atoms with Gasteiger partial charge in [-0.05, 0) is 37.1 Å². The Bertz CT molecular complexity index is 653. The van der Waals surface area contributed by atoms with Crippen molar-refractivity contribution in [3.05, 3.63) is 35.5 Å². The van der Waals surface area contributed by atoms with E-state index in [1.54, 1.807) is 6.20 Å². The number of hydrogen-bond acceptors (Lipinski definition) is 3. The second kappa shape index (κ2) is 6.31. The summed E-state index contributed by atoms with van der Waals surface area (Å²) >= 11 is 5.98. The summed E-state index contributed by atoms with van der Waals surface area (Å²) in [6, 6.07) is 7.58. The maximum Gasteiger partial charge on any atom is 0.224 e. The standard InChI is InChI=1S/C16H18ClN3O/c17-12-3-4-13-14(5-7-19-15(13)11-12)18-8-6-16(21)20-9-1-2-10-20/h3-5,7,11H,1-2,6,8-10H2,(H,18,19). The van der Waals surface area contributed by atoms with Gasteiger partial charge in [0.1, 0.15) is 0 Å². The molecule has 5 heteroatoms. The minimum Gasteiger partial charge on any atom is -0.384 e. The van der Waals surface area contributed by atoms with E-state index in [-0.39, 0.29) is 5.91 Å². The molecule has 0 radical (unpaired) electrons. The van der Waals surface area contributed by atoms with Gasteiger partial charge in [0.2, 0.25) is 5.91 Å². The average molecular weight is 304 g/mol. The van der Waals surface area contributed by atoms with Crippen LogP contribution >= 0.6 is 11.6 Å². The molecule has 1 saturated heterocycles. The molecule has 2 aromatic rings. The lowest BCUT2D eigenvalue weighted by molar-refractivity contribution is -0.129. The highest BCUT2D eigenvalue weighted by molar-refractivity contribution is 6.31. The normalized spacial score (nSPS) is 14.6. The van der Waals surface area contributed by atoms with Crippen molar-refractivity contribution in [1.29, 1.82) is 0 Å². The van der Waals surface area contributed by atoms with E-state index in [1.807, 2.05) is 29.2 Å². The average Bonchev–Trinajstić information content (AvgIpc) is 3.01. The number of likely N-dealkylation sites (tertiary alicyclic amines) is 1. The first-order valence-electron chi connectivity index (χ1n) is 7.30. The minimum absolute atomic E-state index is 0.237. The summed E-state index contributed by atoms with van der Waals surface area (Å²) in [5.41, 5.74) is 1.85. The molecule has 0 unspecified atom stereocenters. The van der Waals surface area contributed by atoms with Gasteiger partial charge in [-0.15, -0.1) is 0 Å². The number of pyridine rings is 1. The van der Waals surface area contributed by atoms with E-state index in [4.69, 9.17) is 11.6 Å². The summed E-state index contributed by atoms with van der Waals surface area (Å²) in [5, 5.41) is 5.03. The van der Waals surface area contributed by atoms with Gasteiger partial charge in [-0.25, -0.2) is 0 Å². The Kier molecular flexibility index (Phi) is 4.25. The number of amides is 1. The fourth-order valence-electron chi connectivity index (χ4n) is 2.70. The molecule has 0 aliphatic carbocycles. The topological polar surface area (TPSA) is 45.2 Å². The van der Waals surface area contributed by atoms with Crippen LogP contribution in [0, 0.1) is 0 Å². The Morgan fingerprint density at radius 1 is 1.29 bits per heavy atom. The van der Waals surface area contributed by atoms with Crippen molar-refractivity contribution in [1.82, 2.24) is 9.88 Å². The van der Waals surface area contributed by atoms with Crippen LogP contribution < -0.4 is 5.32 Å². The van der Waals surface area contributed by atoms with E-state index < -0.39 is 0 Å². The highest BCUT2D eigenvalue weighted by Crippen LogP contribution is 2.24. The van der Waals surface area contributed by atoms with Crippen LogP contribution in [0.5, 0.6) is 0 Å². The number of halogens is 1. The molecule has 1 aromatic carbocycles. The molecular weight excluding hydrogens is 286 g/mol. The Hall–Kier alpha value is -1.81. The van der Waals surface area contributed by atoms with Crippen molar-refractivity contribution in [2.75, 3.05) is 25.0 Å². The fourth-order valence-corrected chi connectivity index (χ4v) is 2.87. The summed E-state index contributed by atoms with van der Waals surface area (Å²) in [6.07, 6.45) is 4.55. The van der Waals surface area contributed by atoms with E-state index in [0.717, 1.165) is 42.5 Å².